The van der Waals surface area contributed by atoms with Gasteiger partial charge < -0.3 is 9.94 Å². The van der Waals surface area contributed by atoms with Crippen LogP contribution in [0.15, 0.2) is 5.16 Å². The van der Waals surface area contributed by atoms with Gasteiger partial charge in [0.1, 0.15) is 0 Å². The van der Waals surface area contributed by atoms with E-state index < -0.39 is 0 Å². The molecule has 33 heavy (non-hydrogen) atoms. The van der Waals surface area contributed by atoms with Gasteiger partial charge in [-0.1, -0.05) is 53.6 Å². The lowest BCUT2D eigenvalue weighted by molar-refractivity contribution is -0.235. The molecule has 6 aliphatic rings. The van der Waals surface area contributed by atoms with Crippen molar-refractivity contribution < 1.29 is 9.94 Å². The molecule has 1 heterocycles. The average molecular weight is 456 g/mol. The first-order valence-corrected chi connectivity index (χ1v) is 14.2. The van der Waals surface area contributed by atoms with Gasteiger partial charge in [0.05, 0.1) is 18.4 Å². The van der Waals surface area contributed by atoms with E-state index in [9.17, 15) is 5.21 Å². The molecule has 186 valence electrons. The van der Waals surface area contributed by atoms with E-state index in [0.29, 0.717) is 39.1 Å². The number of nitrogens with zero attached hydrogens (tertiary/aromatic N) is 1. The molecule has 0 radical (unpaired) electrons. The topological polar surface area (TPSA) is 41.8 Å². The normalized spacial score (nSPS) is 57.5. The highest BCUT2D eigenvalue weighted by Crippen LogP contribution is 2.77. The Balaban J connectivity index is 1.39. The molecular weight excluding hydrogens is 406 g/mol. The Hall–Kier alpha value is -0.570. The van der Waals surface area contributed by atoms with E-state index in [-0.39, 0.29) is 5.41 Å². The molecule has 1 N–H and O–H groups in total. The Morgan fingerprint density at radius 3 is 2.24 bits per heavy atom. The van der Waals surface area contributed by atoms with Crippen LogP contribution in [-0.4, -0.2) is 23.6 Å². The summed E-state index contributed by atoms with van der Waals surface area (Å²) in [5.41, 5.74) is 3.06. The largest absolute Gasteiger partial charge is 0.411 e. The molecule has 9 atom stereocenters. The summed E-state index contributed by atoms with van der Waals surface area (Å²) in [6.45, 7) is 18.8. The third-order valence-corrected chi connectivity index (χ3v) is 14.0. The first-order chi connectivity index (χ1) is 15.4. The lowest BCUT2D eigenvalue weighted by atomic mass is 9.31. The molecule has 0 unspecified atom stereocenters. The third-order valence-electron chi connectivity index (χ3n) is 14.0. The van der Waals surface area contributed by atoms with Gasteiger partial charge in [-0.3, -0.25) is 0 Å². The Bertz CT molecular complexity index is 877. The molecular formula is C30H49NO2. The molecule has 3 heteroatoms. The molecule has 0 aromatic rings. The fraction of sp³-hybridized carbons (Fsp3) is 0.967. The van der Waals surface area contributed by atoms with Crippen molar-refractivity contribution in [3.8, 4) is 0 Å². The summed E-state index contributed by atoms with van der Waals surface area (Å²) >= 11 is 0. The van der Waals surface area contributed by atoms with Crippen LogP contribution in [0, 0.1) is 56.2 Å². The monoisotopic (exact) mass is 455 g/mol. The van der Waals surface area contributed by atoms with Gasteiger partial charge in [0.25, 0.3) is 0 Å². The highest BCUT2D eigenvalue weighted by molar-refractivity contribution is 5.90. The second-order valence-corrected chi connectivity index (χ2v) is 15.5. The van der Waals surface area contributed by atoms with Crippen molar-refractivity contribution in [2.75, 3.05) is 6.61 Å². The average Bonchev–Trinajstić information content (AvgIpc) is 3.07. The Kier molecular flexibility index (Phi) is 4.57. The highest BCUT2D eigenvalue weighted by Gasteiger charge is 2.72. The second-order valence-electron chi connectivity index (χ2n) is 15.5. The van der Waals surface area contributed by atoms with E-state index in [0.717, 1.165) is 36.5 Å². The maximum absolute atomic E-state index is 9.76. The van der Waals surface area contributed by atoms with Crippen LogP contribution in [0.4, 0.5) is 0 Å². The molecule has 1 aliphatic heterocycles. The number of oxime groups is 1. The maximum atomic E-state index is 9.76. The predicted octanol–water partition coefficient (Wildman–Crippen LogP) is 7.71. The zero-order valence-electron chi connectivity index (χ0n) is 22.5. The van der Waals surface area contributed by atoms with Crippen LogP contribution in [-0.2, 0) is 4.74 Å². The smallest absolute Gasteiger partial charge is 0.0663 e. The van der Waals surface area contributed by atoms with Crippen molar-refractivity contribution in [3.05, 3.63) is 0 Å². The first-order valence-electron chi connectivity index (χ1n) is 14.2. The lowest BCUT2D eigenvalue weighted by Crippen LogP contribution is -2.67. The summed E-state index contributed by atoms with van der Waals surface area (Å²) in [5.74, 6) is 3.02. The van der Waals surface area contributed by atoms with Crippen molar-refractivity contribution in [1.29, 1.82) is 0 Å². The summed E-state index contributed by atoms with van der Waals surface area (Å²) in [4.78, 5) is 0. The predicted molar refractivity (Wildman–Crippen MR) is 133 cm³/mol. The molecule has 6 fully saturated rings. The standard InChI is InChI=1S/C30H49NO2/c1-25(2)14-16-30-17-15-28(6)19(23(30)24(25)33-18-30)8-9-21-27(5)12-11-22(31-32)26(3,4)20(27)10-13-29(21,28)7/h19-21,23-24,32H,8-18H2,1-7H3/b31-22+/t19-,20-,21-,23-,24-,27+,28-,29-,30-/m1/s1. The van der Waals surface area contributed by atoms with Gasteiger partial charge in [0, 0.05) is 5.41 Å². The van der Waals surface area contributed by atoms with Crippen LogP contribution in [0.25, 0.3) is 0 Å². The minimum atomic E-state index is 0.0117. The fourth-order valence-corrected chi connectivity index (χ4v) is 12.0. The van der Waals surface area contributed by atoms with Gasteiger partial charge in [-0.25, -0.2) is 0 Å². The number of hydrogen-bond acceptors (Lipinski definition) is 3. The van der Waals surface area contributed by atoms with Crippen molar-refractivity contribution in [2.45, 2.75) is 119 Å². The third kappa shape index (κ3) is 2.54. The molecule has 6 rings (SSSR count). The summed E-state index contributed by atoms with van der Waals surface area (Å²) < 4.78 is 6.71. The first kappa shape index (κ1) is 22.9. The zero-order valence-corrected chi connectivity index (χ0v) is 22.5. The van der Waals surface area contributed by atoms with Crippen LogP contribution in [0.3, 0.4) is 0 Å². The maximum Gasteiger partial charge on any atom is 0.0663 e. The molecule has 0 aromatic heterocycles. The number of rotatable bonds is 0. The van der Waals surface area contributed by atoms with Crippen molar-refractivity contribution in [1.82, 2.24) is 0 Å². The molecule has 0 spiro atoms. The van der Waals surface area contributed by atoms with E-state index in [2.05, 4.69) is 53.6 Å². The minimum Gasteiger partial charge on any atom is -0.411 e. The van der Waals surface area contributed by atoms with E-state index in [4.69, 9.17) is 4.74 Å². The zero-order chi connectivity index (χ0) is 23.7. The Labute approximate surface area is 202 Å². The van der Waals surface area contributed by atoms with Crippen LogP contribution >= 0.6 is 0 Å². The van der Waals surface area contributed by atoms with E-state index in [1.807, 2.05) is 0 Å². The van der Waals surface area contributed by atoms with Crippen molar-refractivity contribution in [2.24, 2.45) is 61.3 Å². The van der Waals surface area contributed by atoms with Gasteiger partial charge in [-0.15, -0.1) is 0 Å². The van der Waals surface area contributed by atoms with Crippen LogP contribution in [0.1, 0.15) is 113 Å². The second kappa shape index (κ2) is 6.60. The molecule has 0 aromatic carbocycles. The van der Waals surface area contributed by atoms with E-state index >= 15 is 0 Å². The number of fused-ring (bicyclic) bond motifs is 5. The Morgan fingerprint density at radius 1 is 0.788 bits per heavy atom. The lowest BCUT2D eigenvalue weighted by Gasteiger charge is -2.73. The Morgan fingerprint density at radius 2 is 1.52 bits per heavy atom. The molecule has 2 bridgehead atoms. The summed E-state index contributed by atoms with van der Waals surface area (Å²) in [7, 11) is 0. The van der Waals surface area contributed by atoms with Gasteiger partial charge >= 0.3 is 0 Å². The van der Waals surface area contributed by atoms with Crippen LogP contribution in [0.5, 0.6) is 0 Å². The van der Waals surface area contributed by atoms with Crippen molar-refractivity contribution in [3.63, 3.8) is 0 Å². The van der Waals surface area contributed by atoms with Gasteiger partial charge in [-0.2, -0.15) is 0 Å². The quantitative estimate of drug-likeness (QED) is 0.300. The van der Waals surface area contributed by atoms with Crippen LogP contribution < -0.4 is 0 Å². The molecule has 1 saturated heterocycles. The van der Waals surface area contributed by atoms with E-state index in [1.54, 1.807) is 0 Å². The van der Waals surface area contributed by atoms with Gasteiger partial charge in [-0.05, 0) is 115 Å². The number of ether oxygens (including phenoxy) is 1. The minimum absolute atomic E-state index is 0.0117. The summed E-state index contributed by atoms with van der Waals surface area (Å²) in [6.07, 6.45) is 13.6. The summed E-state index contributed by atoms with van der Waals surface area (Å²) in [5, 5.41) is 13.6. The molecule has 5 saturated carbocycles. The van der Waals surface area contributed by atoms with Gasteiger partial charge in [0.2, 0.25) is 0 Å². The van der Waals surface area contributed by atoms with Gasteiger partial charge in [0.15, 0.2) is 0 Å². The van der Waals surface area contributed by atoms with Crippen molar-refractivity contribution >= 4 is 5.71 Å². The molecule has 3 nitrogen and oxygen atoms in total. The SMILES string of the molecule is CC1(C)CC[C@]23CC[C@]4(C)[C@H](CC[C@@H]5[C@@]6(C)CC/C(=N\O)C(C)(C)[C@H]6CC[C@]54C)[C@@H]2[C@H]1OC3. The summed E-state index contributed by atoms with van der Waals surface area (Å²) in [6, 6.07) is 0. The fourth-order valence-electron chi connectivity index (χ4n) is 12.0. The number of hydrogen-bond donors (Lipinski definition) is 1. The molecule has 5 aliphatic carbocycles. The van der Waals surface area contributed by atoms with E-state index in [1.165, 1.54) is 57.8 Å². The highest BCUT2D eigenvalue weighted by atomic mass is 16.5. The van der Waals surface area contributed by atoms with Crippen LogP contribution in [0.2, 0.25) is 0 Å². The molecule has 0 amide bonds.